The van der Waals surface area contributed by atoms with Crippen molar-refractivity contribution in [3.8, 4) is 0 Å². The van der Waals surface area contributed by atoms with Crippen LogP contribution in [0.2, 0.25) is 5.02 Å². The Morgan fingerprint density at radius 2 is 1.73 bits per heavy atom. The molecular weight excluding hydrogens is 464 g/mol. The Balaban J connectivity index is 1.69. The highest BCUT2D eigenvalue weighted by molar-refractivity contribution is 7.89. The van der Waals surface area contributed by atoms with Crippen molar-refractivity contribution >= 4 is 39.2 Å². The van der Waals surface area contributed by atoms with Crippen LogP contribution < -0.4 is 5.32 Å². The largest absolute Gasteiger partial charge is 0.452 e. The minimum atomic E-state index is -3.83. The van der Waals surface area contributed by atoms with Crippen molar-refractivity contribution < 1.29 is 22.7 Å². The number of ether oxygens (including phenoxy) is 1. The van der Waals surface area contributed by atoms with Gasteiger partial charge in [0.05, 0.1) is 10.6 Å². The van der Waals surface area contributed by atoms with Gasteiger partial charge in [-0.3, -0.25) is 4.79 Å². The normalized spacial score (nSPS) is 15.2. The zero-order valence-corrected chi connectivity index (χ0v) is 20.6. The average molecular weight is 493 g/mol. The van der Waals surface area contributed by atoms with Crippen LogP contribution in [0.5, 0.6) is 0 Å². The second-order valence-corrected chi connectivity index (χ2v) is 11.3. The van der Waals surface area contributed by atoms with E-state index in [4.69, 9.17) is 16.3 Å². The van der Waals surface area contributed by atoms with E-state index < -0.39 is 28.5 Å². The molecule has 1 amide bonds. The molecule has 1 saturated heterocycles. The van der Waals surface area contributed by atoms with Gasteiger partial charge in [0.25, 0.3) is 5.91 Å². The number of anilines is 1. The van der Waals surface area contributed by atoms with E-state index in [2.05, 4.69) is 5.32 Å². The molecule has 2 aromatic carbocycles. The number of benzene rings is 2. The van der Waals surface area contributed by atoms with Crippen LogP contribution in [0.25, 0.3) is 0 Å². The maximum atomic E-state index is 13.0. The molecule has 1 N–H and O–H groups in total. The third-order valence-electron chi connectivity index (χ3n) is 5.44. The summed E-state index contributed by atoms with van der Waals surface area (Å²) in [5.41, 5.74) is 1.43. The molecule has 2 aromatic rings. The molecule has 3 rings (SSSR count). The standard InChI is InChI=1S/C24H29ClN2O5S/c1-24(2,3)18-9-5-6-10-20(18)26-22(28)16-32-23(29)17-11-12-19(25)21(15-17)33(30,31)27-13-7-4-8-14-27/h5-6,9-12,15H,4,7-8,13-14,16H2,1-3H3,(H,26,28). The number of nitrogens with zero attached hydrogens (tertiary/aromatic N) is 1. The fourth-order valence-electron chi connectivity index (χ4n) is 3.72. The van der Waals surface area contributed by atoms with Gasteiger partial charge in [0, 0.05) is 18.8 Å². The number of amides is 1. The Morgan fingerprint density at radius 1 is 1.06 bits per heavy atom. The van der Waals surface area contributed by atoms with Crippen molar-refractivity contribution in [2.45, 2.75) is 50.3 Å². The molecule has 1 fully saturated rings. The van der Waals surface area contributed by atoms with Gasteiger partial charge in [-0.15, -0.1) is 0 Å². The number of nitrogens with one attached hydrogen (secondary N) is 1. The van der Waals surface area contributed by atoms with Gasteiger partial charge in [0.15, 0.2) is 6.61 Å². The van der Waals surface area contributed by atoms with E-state index >= 15 is 0 Å². The average Bonchev–Trinajstić information content (AvgIpc) is 2.78. The van der Waals surface area contributed by atoms with Crippen LogP contribution in [0.1, 0.15) is 56.0 Å². The van der Waals surface area contributed by atoms with E-state index in [1.165, 1.54) is 22.5 Å². The molecule has 0 aromatic heterocycles. The van der Waals surface area contributed by atoms with Crippen molar-refractivity contribution in [3.63, 3.8) is 0 Å². The molecule has 0 bridgehead atoms. The number of carbonyl (C=O) groups is 2. The Kier molecular flexibility index (Phi) is 7.82. The van der Waals surface area contributed by atoms with Crippen molar-refractivity contribution in [1.29, 1.82) is 0 Å². The van der Waals surface area contributed by atoms with Crippen LogP contribution in [0.15, 0.2) is 47.4 Å². The first-order valence-corrected chi connectivity index (χ1v) is 12.7. The van der Waals surface area contributed by atoms with Gasteiger partial charge in [-0.25, -0.2) is 13.2 Å². The summed E-state index contributed by atoms with van der Waals surface area (Å²) in [5, 5.41) is 2.81. The van der Waals surface area contributed by atoms with Crippen molar-refractivity contribution in [3.05, 3.63) is 58.6 Å². The first-order valence-electron chi connectivity index (χ1n) is 10.9. The quantitative estimate of drug-likeness (QED) is 0.594. The second-order valence-electron chi connectivity index (χ2n) is 9.03. The van der Waals surface area contributed by atoms with Gasteiger partial charge >= 0.3 is 5.97 Å². The molecule has 0 unspecified atom stereocenters. The van der Waals surface area contributed by atoms with Crippen LogP contribution >= 0.6 is 11.6 Å². The fraction of sp³-hybridized carbons (Fsp3) is 0.417. The summed E-state index contributed by atoms with van der Waals surface area (Å²) in [6, 6.07) is 11.4. The number of rotatable bonds is 6. The summed E-state index contributed by atoms with van der Waals surface area (Å²) in [5.74, 6) is -1.30. The van der Waals surface area contributed by atoms with E-state index in [0.717, 1.165) is 24.8 Å². The van der Waals surface area contributed by atoms with E-state index in [9.17, 15) is 18.0 Å². The maximum absolute atomic E-state index is 13.0. The molecule has 0 radical (unpaired) electrons. The lowest BCUT2D eigenvalue weighted by molar-refractivity contribution is -0.119. The second kappa shape index (κ2) is 10.2. The number of para-hydroxylation sites is 1. The van der Waals surface area contributed by atoms with Gasteiger partial charge in [-0.2, -0.15) is 4.31 Å². The summed E-state index contributed by atoms with van der Waals surface area (Å²) >= 11 is 6.15. The third-order valence-corrected chi connectivity index (χ3v) is 7.82. The molecule has 1 heterocycles. The van der Waals surface area contributed by atoms with Gasteiger partial charge in [0.1, 0.15) is 4.90 Å². The number of hydrogen-bond donors (Lipinski definition) is 1. The lowest BCUT2D eigenvalue weighted by Gasteiger charge is -2.26. The van der Waals surface area contributed by atoms with Gasteiger partial charge in [0.2, 0.25) is 10.0 Å². The van der Waals surface area contributed by atoms with Gasteiger partial charge in [-0.1, -0.05) is 57.0 Å². The summed E-state index contributed by atoms with van der Waals surface area (Å²) in [6.45, 7) is 6.44. The number of esters is 1. The molecule has 1 aliphatic rings. The van der Waals surface area contributed by atoms with Crippen LogP contribution in [-0.4, -0.2) is 44.3 Å². The molecule has 0 spiro atoms. The molecule has 0 atom stereocenters. The molecule has 9 heteroatoms. The highest BCUT2D eigenvalue weighted by Crippen LogP contribution is 2.30. The predicted molar refractivity (Wildman–Crippen MR) is 128 cm³/mol. The molecule has 7 nitrogen and oxygen atoms in total. The summed E-state index contributed by atoms with van der Waals surface area (Å²) in [6.07, 6.45) is 2.55. The van der Waals surface area contributed by atoms with Crippen molar-refractivity contribution in [2.75, 3.05) is 25.0 Å². The van der Waals surface area contributed by atoms with Crippen molar-refractivity contribution in [2.24, 2.45) is 0 Å². The molecule has 0 saturated carbocycles. The zero-order valence-electron chi connectivity index (χ0n) is 19.1. The molecule has 0 aliphatic carbocycles. The maximum Gasteiger partial charge on any atom is 0.338 e. The van der Waals surface area contributed by atoms with E-state index in [0.29, 0.717) is 18.8 Å². The van der Waals surface area contributed by atoms with E-state index in [1.54, 1.807) is 6.07 Å². The highest BCUT2D eigenvalue weighted by atomic mass is 35.5. The smallest absolute Gasteiger partial charge is 0.338 e. The first-order chi connectivity index (χ1) is 15.5. The SMILES string of the molecule is CC(C)(C)c1ccccc1NC(=O)COC(=O)c1ccc(Cl)c(S(=O)(=O)N2CCCCC2)c1. The lowest BCUT2D eigenvalue weighted by atomic mass is 9.86. The Hall–Kier alpha value is -2.42. The Bertz CT molecular complexity index is 1140. The topological polar surface area (TPSA) is 92.8 Å². The van der Waals surface area contributed by atoms with Crippen LogP contribution in [-0.2, 0) is 25.0 Å². The summed E-state index contributed by atoms with van der Waals surface area (Å²) in [4.78, 5) is 24.8. The number of sulfonamides is 1. The summed E-state index contributed by atoms with van der Waals surface area (Å²) in [7, 11) is -3.83. The predicted octanol–water partition coefficient (Wildman–Crippen LogP) is 4.61. The fourth-order valence-corrected chi connectivity index (χ4v) is 5.74. The number of halogens is 1. The Morgan fingerprint density at radius 3 is 2.39 bits per heavy atom. The number of hydrogen-bond acceptors (Lipinski definition) is 5. The molecule has 1 aliphatic heterocycles. The van der Waals surface area contributed by atoms with E-state index in [-0.39, 0.29) is 20.9 Å². The van der Waals surface area contributed by atoms with Gasteiger partial charge in [-0.05, 0) is 48.1 Å². The van der Waals surface area contributed by atoms with Crippen LogP contribution in [0.4, 0.5) is 5.69 Å². The third kappa shape index (κ3) is 6.13. The van der Waals surface area contributed by atoms with E-state index in [1.807, 2.05) is 39.0 Å². The molecule has 33 heavy (non-hydrogen) atoms. The van der Waals surface area contributed by atoms with Gasteiger partial charge < -0.3 is 10.1 Å². The zero-order chi connectivity index (χ0) is 24.2. The minimum Gasteiger partial charge on any atom is -0.452 e. The van der Waals surface area contributed by atoms with Crippen LogP contribution in [0.3, 0.4) is 0 Å². The number of piperidine rings is 1. The van der Waals surface area contributed by atoms with Crippen molar-refractivity contribution in [1.82, 2.24) is 4.31 Å². The monoisotopic (exact) mass is 492 g/mol. The molecular formula is C24H29ClN2O5S. The first kappa shape index (κ1) is 25.2. The lowest BCUT2D eigenvalue weighted by Crippen LogP contribution is -2.35. The highest BCUT2D eigenvalue weighted by Gasteiger charge is 2.29. The minimum absolute atomic E-state index is 0.0119. The molecule has 178 valence electrons. The number of carbonyl (C=O) groups excluding carboxylic acids is 2. The Labute approximate surface area is 200 Å². The summed E-state index contributed by atoms with van der Waals surface area (Å²) < 4.78 is 32.5. The van der Waals surface area contributed by atoms with Crippen LogP contribution in [0, 0.1) is 0 Å².